The van der Waals surface area contributed by atoms with Crippen LogP contribution >= 0.6 is 0 Å². The summed E-state index contributed by atoms with van der Waals surface area (Å²) < 4.78 is 72.3. The molecule has 9 nitrogen and oxygen atoms in total. The number of anilines is 2. The number of amides is 1. The SMILES string of the molecule is CCCS(=O)(=O)Nc1ccc(NC(=O)c2cc(S(=O)(=O)N3CCOCC3)ccc2F)cc1. The highest BCUT2D eigenvalue weighted by molar-refractivity contribution is 7.92. The van der Waals surface area contributed by atoms with Gasteiger partial charge in [-0.05, 0) is 48.9 Å². The second kappa shape index (κ2) is 9.94. The summed E-state index contributed by atoms with van der Waals surface area (Å²) in [5.74, 6) is -1.72. The Bertz CT molecular complexity index is 1180. The summed E-state index contributed by atoms with van der Waals surface area (Å²) in [7, 11) is -7.35. The molecule has 0 unspecified atom stereocenters. The van der Waals surface area contributed by atoms with Gasteiger partial charge in [0.2, 0.25) is 20.0 Å². The molecule has 2 aromatic carbocycles. The molecule has 1 aliphatic rings. The molecule has 174 valence electrons. The summed E-state index contributed by atoms with van der Waals surface area (Å²) in [6.45, 7) is 2.63. The Morgan fingerprint density at radius 3 is 2.28 bits per heavy atom. The summed E-state index contributed by atoms with van der Waals surface area (Å²) >= 11 is 0. The molecule has 0 aliphatic carbocycles. The minimum Gasteiger partial charge on any atom is -0.379 e. The van der Waals surface area contributed by atoms with Gasteiger partial charge in [-0.25, -0.2) is 21.2 Å². The van der Waals surface area contributed by atoms with Crippen LogP contribution in [0.5, 0.6) is 0 Å². The first-order chi connectivity index (χ1) is 15.1. The lowest BCUT2D eigenvalue weighted by molar-refractivity contribution is 0.0730. The molecule has 1 aliphatic heterocycles. The molecular formula is C20H24FN3O6S2. The van der Waals surface area contributed by atoms with Crippen LogP contribution < -0.4 is 10.0 Å². The van der Waals surface area contributed by atoms with Crippen molar-refractivity contribution < 1.29 is 30.8 Å². The van der Waals surface area contributed by atoms with E-state index in [2.05, 4.69) is 10.0 Å². The minimum absolute atomic E-state index is 0.0194. The lowest BCUT2D eigenvalue weighted by Crippen LogP contribution is -2.40. The van der Waals surface area contributed by atoms with E-state index in [1.165, 1.54) is 28.6 Å². The minimum atomic E-state index is -3.89. The van der Waals surface area contributed by atoms with Gasteiger partial charge in [0, 0.05) is 24.5 Å². The van der Waals surface area contributed by atoms with Crippen molar-refractivity contribution in [3.05, 3.63) is 53.8 Å². The first-order valence-corrected chi connectivity index (χ1v) is 13.0. The Hall–Kier alpha value is -2.54. The number of morpholine rings is 1. The van der Waals surface area contributed by atoms with Gasteiger partial charge in [-0.3, -0.25) is 9.52 Å². The van der Waals surface area contributed by atoms with Gasteiger partial charge in [0.25, 0.3) is 5.91 Å². The van der Waals surface area contributed by atoms with E-state index in [-0.39, 0.29) is 42.6 Å². The van der Waals surface area contributed by atoms with Gasteiger partial charge in [0.1, 0.15) is 5.82 Å². The fourth-order valence-corrected chi connectivity index (χ4v) is 5.66. The summed E-state index contributed by atoms with van der Waals surface area (Å²) in [5.41, 5.74) is 0.183. The van der Waals surface area contributed by atoms with E-state index in [0.29, 0.717) is 12.1 Å². The Balaban J connectivity index is 1.76. The molecule has 1 fully saturated rings. The second-order valence-corrected chi connectivity index (χ2v) is 10.9. The third-order valence-corrected chi connectivity index (χ3v) is 8.07. The van der Waals surface area contributed by atoms with Crippen LogP contribution in [0.3, 0.4) is 0 Å². The zero-order valence-electron chi connectivity index (χ0n) is 17.4. The summed E-state index contributed by atoms with van der Waals surface area (Å²) in [6, 6.07) is 8.88. The third kappa shape index (κ3) is 5.82. The van der Waals surface area contributed by atoms with Crippen LogP contribution in [0.2, 0.25) is 0 Å². The zero-order valence-corrected chi connectivity index (χ0v) is 19.0. The Labute approximate surface area is 186 Å². The van der Waals surface area contributed by atoms with Gasteiger partial charge in [0.05, 0.1) is 29.4 Å². The first-order valence-electron chi connectivity index (χ1n) is 9.92. The van der Waals surface area contributed by atoms with Crippen molar-refractivity contribution in [2.24, 2.45) is 0 Å². The molecule has 0 aromatic heterocycles. The van der Waals surface area contributed by atoms with Gasteiger partial charge >= 0.3 is 0 Å². The molecule has 0 spiro atoms. The molecular weight excluding hydrogens is 461 g/mol. The van der Waals surface area contributed by atoms with Crippen LogP contribution in [-0.2, 0) is 24.8 Å². The summed E-state index contributed by atoms with van der Waals surface area (Å²) in [5, 5.41) is 2.49. The predicted molar refractivity (Wildman–Crippen MR) is 118 cm³/mol. The fourth-order valence-electron chi connectivity index (χ4n) is 3.09. The molecule has 1 amide bonds. The van der Waals surface area contributed by atoms with E-state index in [1.54, 1.807) is 6.92 Å². The van der Waals surface area contributed by atoms with Gasteiger partial charge < -0.3 is 10.1 Å². The number of carbonyl (C=O) groups is 1. The molecule has 12 heteroatoms. The van der Waals surface area contributed by atoms with Gasteiger partial charge in [-0.1, -0.05) is 6.92 Å². The zero-order chi connectivity index (χ0) is 23.4. The fraction of sp³-hybridized carbons (Fsp3) is 0.350. The third-order valence-electron chi connectivity index (χ3n) is 4.68. The molecule has 1 heterocycles. The van der Waals surface area contributed by atoms with Crippen LogP contribution in [0.4, 0.5) is 15.8 Å². The highest BCUT2D eigenvalue weighted by Gasteiger charge is 2.28. The maximum absolute atomic E-state index is 14.3. The quantitative estimate of drug-likeness (QED) is 0.592. The number of sulfonamides is 2. The number of rotatable bonds is 8. The molecule has 1 saturated heterocycles. The molecule has 0 atom stereocenters. The molecule has 0 saturated carbocycles. The number of nitrogens with zero attached hydrogens (tertiary/aromatic N) is 1. The number of halogens is 1. The van der Waals surface area contributed by atoms with Crippen molar-refractivity contribution in [3.8, 4) is 0 Å². The van der Waals surface area contributed by atoms with E-state index < -0.39 is 37.3 Å². The molecule has 0 bridgehead atoms. The van der Waals surface area contributed by atoms with E-state index in [0.717, 1.165) is 18.2 Å². The summed E-state index contributed by atoms with van der Waals surface area (Å²) in [6.07, 6.45) is 0.468. The van der Waals surface area contributed by atoms with Gasteiger partial charge in [-0.2, -0.15) is 4.31 Å². The lowest BCUT2D eigenvalue weighted by atomic mass is 10.2. The normalized spacial score (nSPS) is 15.3. The summed E-state index contributed by atoms with van der Waals surface area (Å²) in [4.78, 5) is 12.4. The number of benzene rings is 2. The molecule has 32 heavy (non-hydrogen) atoms. The number of nitrogens with one attached hydrogen (secondary N) is 2. The van der Waals surface area contributed by atoms with Crippen molar-refractivity contribution in [1.29, 1.82) is 0 Å². The largest absolute Gasteiger partial charge is 0.379 e. The van der Waals surface area contributed by atoms with Crippen LogP contribution in [0.25, 0.3) is 0 Å². The maximum atomic E-state index is 14.3. The highest BCUT2D eigenvalue weighted by atomic mass is 32.2. The molecule has 2 N–H and O–H groups in total. The first kappa shape index (κ1) is 24.1. The number of carbonyl (C=O) groups excluding carboxylic acids is 1. The van der Waals surface area contributed by atoms with E-state index in [1.807, 2.05) is 0 Å². The average molecular weight is 486 g/mol. The predicted octanol–water partition coefficient (Wildman–Crippen LogP) is 2.25. The average Bonchev–Trinajstić information content (AvgIpc) is 2.75. The lowest BCUT2D eigenvalue weighted by Gasteiger charge is -2.26. The Kier molecular flexibility index (Phi) is 7.49. The number of hydrogen-bond acceptors (Lipinski definition) is 6. The van der Waals surface area contributed by atoms with Crippen LogP contribution in [0, 0.1) is 5.82 Å². The van der Waals surface area contributed by atoms with Crippen LogP contribution in [-0.4, -0.2) is 59.1 Å². The van der Waals surface area contributed by atoms with Crippen molar-refractivity contribution in [1.82, 2.24) is 4.31 Å². The Morgan fingerprint density at radius 1 is 1.03 bits per heavy atom. The van der Waals surface area contributed by atoms with Gasteiger partial charge in [-0.15, -0.1) is 0 Å². The van der Waals surface area contributed by atoms with Crippen molar-refractivity contribution in [2.75, 3.05) is 42.1 Å². The molecule has 2 aromatic rings. The van der Waals surface area contributed by atoms with Crippen molar-refractivity contribution in [2.45, 2.75) is 18.2 Å². The van der Waals surface area contributed by atoms with E-state index in [9.17, 15) is 26.0 Å². The molecule has 0 radical (unpaired) electrons. The topological polar surface area (TPSA) is 122 Å². The van der Waals surface area contributed by atoms with Crippen LogP contribution in [0.1, 0.15) is 23.7 Å². The number of ether oxygens (including phenoxy) is 1. The Morgan fingerprint density at radius 2 is 1.66 bits per heavy atom. The number of hydrogen-bond donors (Lipinski definition) is 2. The monoisotopic (exact) mass is 485 g/mol. The van der Waals surface area contributed by atoms with Crippen molar-refractivity contribution in [3.63, 3.8) is 0 Å². The van der Waals surface area contributed by atoms with Gasteiger partial charge in [0.15, 0.2) is 0 Å². The van der Waals surface area contributed by atoms with Crippen molar-refractivity contribution >= 4 is 37.3 Å². The van der Waals surface area contributed by atoms with E-state index >= 15 is 0 Å². The van der Waals surface area contributed by atoms with E-state index in [4.69, 9.17) is 4.74 Å². The maximum Gasteiger partial charge on any atom is 0.258 e. The second-order valence-electron chi connectivity index (χ2n) is 7.11. The van der Waals surface area contributed by atoms with Crippen LogP contribution in [0.15, 0.2) is 47.4 Å². The standard InChI is InChI=1S/C20H24FN3O6S2/c1-2-13-31(26,27)23-16-5-3-15(4-6-16)22-20(25)18-14-17(7-8-19(18)21)32(28,29)24-9-11-30-12-10-24/h3-8,14,23H,2,9-13H2,1H3,(H,22,25). The highest BCUT2D eigenvalue weighted by Crippen LogP contribution is 2.22. The molecule has 3 rings (SSSR count). The smallest absolute Gasteiger partial charge is 0.258 e.